The summed E-state index contributed by atoms with van der Waals surface area (Å²) in [6.07, 6.45) is 6.64. The fourth-order valence-corrected chi connectivity index (χ4v) is 3.33. The molecule has 1 heterocycles. The Kier molecular flexibility index (Phi) is 5.14. The smallest absolute Gasteiger partial charge is 0.244 e. The normalized spacial score (nSPS) is 17.4. The van der Waals surface area contributed by atoms with E-state index in [4.69, 9.17) is 9.47 Å². The van der Waals surface area contributed by atoms with Crippen molar-refractivity contribution in [2.75, 3.05) is 13.2 Å². The van der Waals surface area contributed by atoms with E-state index in [9.17, 15) is 4.79 Å². The van der Waals surface area contributed by atoms with Crippen molar-refractivity contribution in [1.82, 2.24) is 5.32 Å². The minimum atomic E-state index is -0.0698. The zero-order valence-electron chi connectivity index (χ0n) is 15.6. The molecular weight excluding hydrogens is 338 g/mol. The fourth-order valence-electron chi connectivity index (χ4n) is 3.33. The average Bonchev–Trinajstić information content (AvgIpc) is 3.52. The van der Waals surface area contributed by atoms with Gasteiger partial charge in [-0.15, -0.1) is 0 Å². The molecule has 1 unspecified atom stereocenters. The first-order valence-electron chi connectivity index (χ1n) is 9.64. The molecule has 0 bridgehead atoms. The van der Waals surface area contributed by atoms with Crippen molar-refractivity contribution in [2.45, 2.75) is 32.2 Å². The number of nitrogens with one attached hydrogen (secondary N) is 1. The first kappa shape index (κ1) is 17.7. The minimum Gasteiger partial charge on any atom is -0.490 e. The Morgan fingerprint density at radius 1 is 1.07 bits per heavy atom. The number of ether oxygens (including phenoxy) is 2. The fraction of sp³-hybridized carbons (Fsp3) is 0.348. The number of fused-ring (bicyclic) bond motifs is 1. The summed E-state index contributed by atoms with van der Waals surface area (Å²) in [6.45, 7) is 3.40. The van der Waals surface area contributed by atoms with E-state index in [1.54, 1.807) is 6.08 Å². The molecule has 0 saturated heterocycles. The zero-order valence-corrected chi connectivity index (χ0v) is 15.6. The molecule has 1 saturated carbocycles. The molecule has 0 radical (unpaired) electrons. The van der Waals surface area contributed by atoms with Crippen LogP contribution in [0.3, 0.4) is 0 Å². The Morgan fingerprint density at radius 3 is 2.56 bits per heavy atom. The number of carbonyl (C=O) groups excluding carboxylic acids is 1. The highest BCUT2D eigenvalue weighted by Gasteiger charge is 2.33. The van der Waals surface area contributed by atoms with Crippen molar-refractivity contribution in [1.29, 1.82) is 0 Å². The highest BCUT2D eigenvalue weighted by molar-refractivity contribution is 5.92. The van der Waals surface area contributed by atoms with Crippen molar-refractivity contribution in [2.24, 2.45) is 5.92 Å². The number of amides is 1. The molecular formula is C23H25NO3. The number of rotatable bonds is 5. The maximum absolute atomic E-state index is 12.5. The van der Waals surface area contributed by atoms with Crippen LogP contribution in [0.15, 0.2) is 48.5 Å². The summed E-state index contributed by atoms with van der Waals surface area (Å²) in [5.41, 5.74) is 3.34. The van der Waals surface area contributed by atoms with E-state index in [0.29, 0.717) is 19.1 Å². The van der Waals surface area contributed by atoms with Crippen molar-refractivity contribution in [3.8, 4) is 11.5 Å². The third kappa shape index (κ3) is 4.51. The molecule has 2 aromatic rings. The quantitative estimate of drug-likeness (QED) is 0.799. The van der Waals surface area contributed by atoms with Crippen LogP contribution >= 0.6 is 0 Å². The number of carbonyl (C=O) groups is 1. The Morgan fingerprint density at radius 2 is 1.81 bits per heavy atom. The molecule has 2 aromatic carbocycles. The second-order valence-electron chi connectivity index (χ2n) is 7.32. The summed E-state index contributed by atoms with van der Waals surface area (Å²) in [5, 5.41) is 3.18. The zero-order chi connectivity index (χ0) is 18.6. The van der Waals surface area contributed by atoms with Gasteiger partial charge >= 0.3 is 0 Å². The SMILES string of the molecule is Cc1ccc(C(NC(=O)/C=C/c2ccc3c(c2)OCCCO3)C2CC2)cc1. The number of benzene rings is 2. The molecule has 27 heavy (non-hydrogen) atoms. The minimum absolute atomic E-state index is 0.0698. The van der Waals surface area contributed by atoms with E-state index in [1.807, 2.05) is 24.3 Å². The molecule has 0 spiro atoms. The van der Waals surface area contributed by atoms with Gasteiger partial charge in [0.25, 0.3) is 0 Å². The van der Waals surface area contributed by atoms with Crippen molar-refractivity contribution >= 4 is 12.0 Å². The Balaban J connectivity index is 1.43. The second kappa shape index (κ2) is 7.87. The molecule has 1 fully saturated rings. The van der Waals surface area contributed by atoms with Crippen LogP contribution in [0, 0.1) is 12.8 Å². The molecule has 140 valence electrons. The van der Waals surface area contributed by atoms with Crippen LogP contribution in [0.25, 0.3) is 6.08 Å². The lowest BCUT2D eigenvalue weighted by Crippen LogP contribution is -2.28. The van der Waals surface area contributed by atoms with Gasteiger partial charge < -0.3 is 14.8 Å². The molecule has 2 aliphatic rings. The first-order chi connectivity index (χ1) is 13.2. The Labute approximate surface area is 160 Å². The summed E-state index contributed by atoms with van der Waals surface area (Å²) in [4.78, 5) is 12.5. The second-order valence-corrected chi connectivity index (χ2v) is 7.32. The van der Waals surface area contributed by atoms with E-state index in [2.05, 4.69) is 36.5 Å². The van der Waals surface area contributed by atoms with Gasteiger partial charge in [0.15, 0.2) is 11.5 Å². The van der Waals surface area contributed by atoms with Gasteiger partial charge in [-0.2, -0.15) is 0 Å². The standard InChI is InChI=1S/C23H25NO3/c1-16-3-7-18(8-4-16)23(19-9-10-19)24-22(25)12-6-17-5-11-20-21(15-17)27-14-2-13-26-20/h3-8,11-12,15,19,23H,2,9-10,13-14H2,1H3,(H,24,25)/b12-6+. The monoisotopic (exact) mass is 363 g/mol. The van der Waals surface area contributed by atoms with Gasteiger partial charge in [0, 0.05) is 12.5 Å². The molecule has 1 N–H and O–H groups in total. The van der Waals surface area contributed by atoms with Gasteiger partial charge in [-0.1, -0.05) is 35.9 Å². The Bertz CT molecular complexity index is 837. The van der Waals surface area contributed by atoms with Crippen LogP contribution in [-0.2, 0) is 4.79 Å². The maximum atomic E-state index is 12.5. The lowest BCUT2D eigenvalue weighted by atomic mass is 10.0. The predicted molar refractivity (Wildman–Crippen MR) is 106 cm³/mol. The number of aryl methyl sites for hydroxylation is 1. The van der Waals surface area contributed by atoms with Crippen molar-refractivity contribution in [3.05, 3.63) is 65.2 Å². The highest BCUT2D eigenvalue weighted by Crippen LogP contribution is 2.41. The lowest BCUT2D eigenvalue weighted by molar-refractivity contribution is -0.117. The van der Waals surface area contributed by atoms with Gasteiger partial charge in [-0.25, -0.2) is 0 Å². The molecule has 4 rings (SSSR count). The van der Waals surface area contributed by atoms with Crippen LogP contribution in [0.1, 0.15) is 42.0 Å². The Hall–Kier alpha value is -2.75. The van der Waals surface area contributed by atoms with E-state index < -0.39 is 0 Å². The first-order valence-corrected chi connectivity index (χ1v) is 9.64. The van der Waals surface area contributed by atoms with E-state index in [-0.39, 0.29) is 11.9 Å². The van der Waals surface area contributed by atoms with Crippen LogP contribution in [-0.4, -0.2) is 19.1 Å². The maximum Gasteiger partial charge on any atom is 0.244 e. The lowest BCUT2D eigenvalue weighted by Gasteiger charge is -2.18. The third-order valence-corrected chi connectivity index (χ3v) is 5.03. The molecule has 1 aliphatic heterocycles. The van der Waals surface area contributed by atoms with Crippen molar-refractivity contribution < 1.29 is 14.3 Å². The number of hydrogen-bond acceptors (Lipinski definition) is 3. The van der Waals surface area contributed by atoms with E-state index >= 15 is 0 Å². The largest absolute Gasteiger partial charge is 0.490 e. The molecule has 1 aliphatic carbocycles. The molecule has 4 heteroatoms. The van der Waals surface area contributed by atoms with E-state index in [0.717, 1.165) is 23.5 Å². The van der Waals surface area contributed by atoms with Crippen LogP contribution < -0.4 is 14.8 Å². The third-order valence-electron chi connectivity index (χ3n) is 5.03. The average molecular weight is 363 g/mol. The van der Waals surface area contributed by atoms with Crippen LogP contribution in [0.4, 0.5) is 0 Å². The van der Waals surface area contributed by atoms with Gasteiger partial charge in [0.1, 0.15) is 0 Å². The summed E-state index contributed by atoms with van der Waals surface area (Å²) >= 11 is 0. The molecule has 1 amide bonds. The summed E-state index contributed by atoms with van der Waals surface area (Å²) in [7, 11) is 0. The topological polar surface area (TPSA) is 47.6 Å². The van der Waals surface area contributed by atoms with Gasteiger partial charge in [-0.05, 0) is 55.0 Å². The summed E-state index contributed by atoms with van der Waals surface area (Å²) < 4.78 is 11.4. The summed E-state index contributed by atoms with van der Waals surface area (Å²) in [5.74, 6) is 1.98. The van der Waals surface area contributed by atoms with Crippen LogP contribution in [0.2, 0.25) is 0 Å². The van der Waals surface area contributed by atoms with E-state index in [1.165, 1.54) is 24.0 Å². The number of hydrogen-bond donors (Lipinski definition) is 1. The van der Waals surface area contributed by atoms with Gasteiger partial charge in [-0.3, -0.25) is 4.79 Å². The predicted octanol–water partition coefficient (Wildman–Crippen LogP) is 4.44. The van der Waals surface area contributed by atoms with Gasteiger partial charge in [0.05, 0.1) is 19.3 Å². The molecule has 4 nitrogen and oxygen atoms in total. The van der Waals surface area contributed by atoms with Crippen LogP contribution in [0.5, 0.6) is 11.5 Å². The summed E-state index contributed by atoms with van der Waals surface area (Å²) in [6, 6.07) is 14.3. The van der Waals surface area contributed by atoms with Gasteiger partial charge in [0.2, 0.25) is 5.91 Å². The van der Waals surface area contributed by atoms with Crippen molar-refractivity contribution in [3.63, 3.8) is 0 Å². The highest BCUT2D eigenvalue weighted by atomic mass is 16.5. The molecule has 0 aromatic heterocycles. The molecule has 1 atom stereocenters.